The molecule has 0 N–H and O–H groups in total. The van der Waals surface area contributed by atoms with E-state index in [0.717, 1.165) is 31.2 Å². The Labute approximate surface area is 165 Å². The van der Waals surface area contributed by atoms with Crippen molar-refractivity contribution >= 4 is 17.0 Å². The lowest BCUT2D eigenvalue weighted by molar-refractivity contribution is 0.0516. The van der Waals surface area contributed by atoms with Gasteiger partial charge in [-0.2, -0.15) is 0 Å². The van der Waals surface area contributed by atoms with Crippen molar-refractivity contribution in [1.82, 2.24) is 14.5 Å². The number of rotatable bonds is 6. The predicted molar refractivity (Wildman–Crippen MR) is 109 cm³/mol. The summed E-state index contributed by atoms with van der Waals surface area (Å²) in [5.74, 6) is -0.632. The largest absolute Gasteiger partial charge is 0.461 e. The lowest BCUT2D eigenvalue weighted by Crippen LogP contribution is -2.41. The standard InChI is InChI=1S/C22H29N3O3/c1-4-14(5-2)24-15-11-12-18(24)19(13-15)25-17-10-8-7-9-16(17)23-20(21(25)26)22(27)28-6-3/h7-10,14-15,18-19H,4-6,11-13H2,1-3H3/t15-,18+,19+/m0/s1. The lowest BCUT2D eigenvalue weighted by atomic mass is 9.95. The smallest absolute Gasteiger partial charge is 0.362 e. The van der Waals surface area contributed by atoms with Crippen molar-refractivity contribution in [3.63, 3.8) is 0 Å². The molecule has 6 heteroatoms. The van der Waals surface area contributed by atoms with Crippen molar-refractivity contribution in [2.24, 2.45) is 0 Å². The summed E-state index contributed by atoms with van der Waals surface area (Å²) in [5, 5.41) is 0. The molecule has 150 valence electrons. The van der Waals surface area contributed by atoms with Crippen LogP contribution in [0.4, 0.5) is 0 Å². The second-order valence-corrected chi connectivity index (χ2v) is 7.86. The van der Waals surface area contributed by atoms with Gasteiger partial charge < -0.3 is 4.74 Å². The number of carbonyl (C=O) groups is 1. The van der Waals surface area contributed by atoms with Crippen LogP contribution in [-0.2, 0) is 4.74 Å². The van der Waals surface area contributed by atoms with Crippen LogP contribution < -0.4 is 5.56 Å². The summed E-state index contributed by atoms with van der Waals surface area (Å²) in [4.78, 5) is 32.8. The van der Waals surface area contributed by atoms with E-state index in [-0.39, 0.29) is 23.9 Å². The van der Waals surface area contributed by atoms with E-state index in [4.69, 9.17) is 4.74 Å². The number of aromatic nitrogens is 2. The van der Waals surface area contributed by atoms with Crippen LogP contribution in [-0.4, -0.2) is 45.2 Å². The number of benzene rings is 1. The van der Waals surface area contributed by atoms with Crippen LogP contribution in [0.3, 0.4) is 0 Å². The first-order valence-electron chi connectivity index (χ1n) is 10.6. The number of nitrogens with zero attached hydrogens (tertiary/aromatic N) is 3. The summed E-state index contributed by atoms with van der Waals surface area (Å²) < 4.78 is 6.95. The average molecular weight is 383 g/mol. The third kappa shape index (κ3) is 2.94. The van der Waals surface area contributed by atoms with Crippen LogP contribution >= 0.6 is 0 Å². The second kappa shape index (κ2) is 7.66. The zero-order valence-electron chi connectivity index (χ0n) is 16.9. The van der Waals surface area contributed by atoms with Crippen LogP contribution in [0.5, 0.6) is 0 Å². The Morgan fingerprint density at radius 1 is 1.18 bits per heavy atom. The predicted octanol–water partition coefficient (Wildman–Crippen LogP) is 3.54. The van der Waals surface area contributed by atoms with Crippen molar-refractivity contribution in [3.05, 3.63) is 40.3 Å². The Balaban J connectivity index is 1.84. The molecule has 28 heavy (non-hydrogen) atoms. The van der Waals surface area contributed by atoms with Crippen LogP contribution in [0.1, 0.15) is 69.4 Å². The molecule has 0 amide bonds. The van der Waals surface area contributed by atoms with Gasteiger partial charge in [-0.05, 0) is 51.2 Å². The number of esters is 1. The zero-order chi connectivity index (χ0) is 19.8. The van der Waals surface area contributed by atoms with Crippen LogP contribution in [0, 0.1) is 0 Å². The molecule has 2 bridgehead atoms. The fraction of sp³-hybridized carbons (Fsp3) is 0.591. The maximum atomic E-state index is 13.4. The number of hydrogen-bond acceptors (Lipinski definition) is 5. The van der Waals surface area contributed by atoms with E-state index in [0.29, 0.717) is 23.6 Å². The van der Waals surface area contributed by atoms with Crippen molar-refractivity contribution in [1.29, 1.82) is 0 Å². The highest BCUT2D eigenvalue weighted by Crippen LogP contribution is 2.46. The van der Waals surface area contributed by atoms with E-state index in [1.54, 1.807) is 6.92 Å². The maximum absolute atomic E-state index is 13.4. The molecule has 6 nitrogen and oxygen atoms in total. The fourth-order valence-corrected chi connectivity index (χ4v) is 5.37. The molecule has 1 aromatic carbocycles. The molecule has 0 aliphatic carbocycles. The topological polar surface area (TPSA) is 64.4 Å². The van der Waals surface area contributed by atoms with Crippen molar-refractivity contribution in [2.75, 3.05) is 6.61 Å². The molecule has 2 aliphatic heterocycles. The Hall–Kier alpha value is -2.21. The molecular weight excluding hydrogens is 354 g/mol. The van der Waals surface area contributed by atoms with Crippen LogP contribution in [0.25, 0.3) is 11.0 Å². The lowest BCUT2D eigenvalue weighted by Gasteiger charge is -2.32. The summed E-state index contributed by atoms with van der Waals surface area (Å²) in [6.45, 7) is 6.45. The first-order valence-corrected chi connectivity index (χ1v) is 10.6. The Morgan fingerprint density at radius 2 is 1.93 bits per heavy atom. The molecule has 2 aliphatic rings. The average Bonchev–Trinajstić information content (AvgIpc) is 3.26. The second-order valence-electron chi connectivity index (χ2n) is 7.86. The highest BCUT2D eigenvalue weighted by Gasteiger charge is 2.49. The molecule has 2 aromatic rings. The molecule has 0 radical (unpaired) electrons. The number of ether oxygens (including phenoxy) is 1. The highest BCUT2D eigenvalue weighted by molar-refractivity contribution is 5.89. The highest BCUT2D eigenvalue weighted by atomic mass is 16.5. The molecule has 3 atom stereocenters. The van der Waals surface area contributed by atoms with Gasteiger partial charge in [-0.25, -0.2) is 9.78 Å². The van der Waals surface area contributed by atoms with Crippen LogP contribution in [0.2, 0.25) is 0 Å². The minimum Gasteiger partial charge on any atom is -0.461 e. The van der Waals surface area contributed by atoms with Gasteiger partial charge in [-0.15, -0.1) is 0 Å². The summed E-state index contributed by atoms with van der Waals surface area (Å²) in [6.07, 6.45) is 5.49. The van der Waals surface area contributed by atoms with Crippen molar-refractivity contribution < 1.29 is 9.53 Å². The molecule has 4 rings (SSSR count). The van der Waals surface area contributed by atoms with Gasteiger partial charge in [0, 0.05) is 18.1 Å². The van der Waals surface area contributed by atoms with E-state index >= 15 is 0 Å². The number of para-hydroxylation sites is 2. The third-order valence-corrected chi connectivity index (χ3v) is 6.52. The summed E-state index contributed by atoms with van der Waals surface area (Å²) >= 11 is 0. The monoisotopic (exact) mass is 383 g/mol. The minimum atomic E-state index is -0.632. The molecule has 3 heterocycles. The van der Waals surface area contributed by atoms with E-state index < -0.39 is 5.97 Å². The van der Waals surface area contributed by atoms with Gasteiger partial charge in [0.2, 0.25) is 5.69 Å². The molecule has 0 spiro atoms. The van der Waals surface area contributed by atoms with Crippen LogP contribution in [0.15, 0.2) is 29.1 Å². The van der Waals surface area contributed by atoms with Gasteiger partial charge in [-0.3, -0.25) is 14.3 Å². The Bertz CT molecular complexity index is 934. The number of fused-ring (bicyclic) bond motifs is 3. The zero-order valence-corrected chi connectivity index (χ0v) is 16.9. The van der Waals surface area contributed by atoms with Gasteiger partial charge in [0.15, 0.2) is 0 Å². The number of carbonyl (C=O) groups excluding carboxylic acids is 1. The van der Waals surface area contributed by atoms with Gasteiger partial charge in [0.05, 0.1) is 23.7 Å². The van der Waals surface area contributed by atoms with Gasteiger partial charge in [-0.1, -0.05) is 26.0 Å². The summed E-state index contributed by atoms with van der Waals surface area (Å²) in [7, 11) is 0. The number of hydrogen-bond donors (Lipinski definition) is 0. The molecular formula is C22H29N3O3. The van der Waals surface area contributed by atoms with Gasteiger partial charge in [0.25, 0.3) is 5.56 Å². The Morgan fingerprint density at radius 3 is 2.64 bits per heavy atom. The molecule has 0 unspecified atom stereocenters. The van der Waals surface area contributed by atoms with Crippen molar-refractivity contribution in [3.8, 4) is 0 Å². The third-order valence-electron chi connectivity index (χ3n) is 6.52. The van der Waals surface area contributed by atoms with E-state index in [1.165, 1.54) is 6.42 Å². The first kappa shape index (κ1) is 19.1. The Kier molecular flexibility index (Phi) is 5.23. The normalized spacial score (nSPS) is 24.4. The molecule has 2 saturated heterocycles. The molecule has 1 aromatic heterocycles. The van der Waals surface area contributed by atoms with E-state index in [2.05, 4.69) is 23.7 Å². The molecule has 2 fully saturated rings. The maximum Gasteiger partial charge on any atom is 0.362 e. The molecule has 0 saturated carbocycles. The van der Waals surface area contributed by atoms with E-state index in [1.807, 2.05) is 28.8 Å². The van der Waals surface area contributed by atoms with Gasteiger partial charge in [0.1, 0.15) is 0 Å². The quantitative estimate of drug-likeness (QED) is 0.714. The fourth-order valence-electron chi connectivity index (χ4n) is 5.37. The summed E-state index contributed by atoms with van der Waals surface area (Å²) in [5.41, 5.74) is 1.06. The summed E-state index contributed by atoms with van der Waals surface area (Å²) in [6, 6.07) is 9.10. The minimum absolute atomic E-state index is 0.0768. The first-order chi connectivity index (χ1) is 13.6. The van der Waals surface area contributed by atoms with Crippen molar-refractivity contribution in [2.45, 2.75) is 77.0 Å². The van der Waals surface area contributed by atoms with E-state index in [9.17, 15) is 9.59 Å². The van der Waals surface area contributed by atoms with Gasteiger partial charge >= 0.3 is 5.97 Å². The SMILES string of the molecule is CCOC(=O)c1nc2ccccc2n([C@@H]2C[C@@H]3CC[C@H]2N3C(CC)CC)c1=O.